The molecule has 0 atom stereocenters. The van der Waals surface area contributed by atoms with Crippen LogP contribution in [-0.4, -0.2) is 32.0 Å². The second-order valence-corrected chi connectivity index (χ2v) is 5.80. The molecule has 0 aliphatic heterocycles. The smallest absolute Gasteiger partial charge is 0.343 e. The third-order valence-electron chi connectivity index (χ3n) is 3.17. The van der Waals surface area contributed by atoms with Crippen LogP contribution in [-0.2, 0) is 4.74 Å². The summed E-state index contributed by atoms with van der Waals surface area (Å²) in [5.41, 5.74) is 6.62. The summed E-state index contributed by atoms with van der Waals surface area (Å²) < 4.78 is 5.08. The van der Waals surface area contributed by atoms with Gasteiger partial charge in [0.25, 0.3) is 0 Å². The summed E-state index contributed by atoms with van der Waals surface area (Å²) in [6.07, 6.45) is 2.43. The molecule has 1 aromatic rings. The molecule has 5 nitrogen and oxygen atoms in total. The SMILES string of the molecule is CCCCN(C)c1sc(C(=O)CC)c(N)c1C(=O)OCC. The van der Waals surface area contributed by atoms with Gasteiger partial charge in [0.2, 0.25) is 0 Å². The number of thiophene rings is 1. The molecule has 0 spiro atoms. The monoisotopic (exact) mass is 312 g/mol. The molecule has 0 saturated carbocycles. The molecule has 0 bridgehead atoms. The normalized spacial score (nSPS) is 10.5. The molecule has 1 aromatic heterocycles. The lowest BCUT2D eigenvalue weighted by atomic mass is 10.1. The Kier molecular flexibility index (Phi) is 6.68. The maximum atomic E-state index is 12.2. The zero-order valence-corrected chi connectivity index (χ0v) is 14.0. The third-order valence-corrected chi connectivity index (χ3v) is 4.54. The van der Waals surface area contributed by atoms with Crippen molar-refractivity contribution in [1.82, 2.24) is 0 Å². The Labute approximate surface area is 130 Å². The van der Waals surface area contributed by atoms with E-state index < -0.39 is 5.97 Å². The molecule has 0 saturated heterocycles. The summed E-state index contributed by atoms with van der Waals surface area (Å²) in [5.74, 6) is -0.502. The summed E-state index contributed by atoms with van der Waals surface area (Å²) in [7, 11) is 1.91. The van der Waals surface area contributed by atoms with Crippen LogP contribution in [0.2, 0.25) is 0 Å². The number of nitrogens with two attached hydrogens (primary N) is 1. The molecular formula is C15H24N2O3S. The van der Waals surface area contributed by atoms with Crippen molar-refractivity contribution >= 4 is 33.8 Å². The van der Waals surface area contributed by atoms with Gasteiger partial charge < -0.3 is 15.4 Å². The van der Waals surface area contributed by atoms with Crippen LogP contribution in [0.3, 0.4) is 0 Å². The molecule has 0 aliphatic carbocycles. The summed E-state index contributed by atoms with van der Waals surface area (Å²) in [6.45, 7) is 6.73. The standard InChI is InChI=1S/C15H24N2O3S/c1-5-8-9-17(4)14-11(15(19)20-7-3)12(16)13(21-14)10(18)6-2/h5-9,16H2,1-4H3. The van der Waals surface area contributed by atoms with Gasteiger partial charge in [-0.05, 0) is 13.3 Å². The highest BCUT2D eigenvalue weighted by Crippen LogP contribution is 2.39. The van der Waals surface area contributed by atoms with Crippen molar-refractivity contribution in [2.75, 3.05) is 30.8 Å². The molecule has 2 N–H and O–H groups in total. The number of Topliss-reactive ketones (excluding diaryl/α,β-unsaturated/α-hetero) is 1. The molecule has 1 rings (SSSR count). The minimum atomic E-state index is -0.459. The molecule has 118 valence electrons. The average Bonchev–Trinajstić information content (AvgIpc) is 2.81. The molecule has 0 fully saturated rings. The van der Waals surface area contributed by atoms with Gasteiger partial charge in [-0.15, -0.1) is 11.3 Å². The number of anilines is 2. The van der Waals surface area contributed by atoms with Gasteiger partial charge in [-0.2, -0.15) is 0 Å². The van der Waals surface area contributed by atoms with Crippen molar-refractivity contribution in [3.05, 3.63) is 10.4 Å². The summed E-state index contributed by atoms with van der Waals surface area (Å²) in [5, 5.41) is 0.719. The van der Waals surface area contributed by atoms with Gasteiger partial charge in [-0.25, -0.2) is 4.79 Å². The lowest BCUT2D eigenvalue weighted by Crippen LogP contribution is -2.20. The topological polar surface area (TPSA) is 72.6 Å². The van der Waals surface area contributed by atoms with E-state index in [1.807, 2.05) is 11.9 Å². The second-order valence-electron chi connectivity index (χ2n) is 4.80. The number of ketones is 1. The summed E-state index contributed by atoms with van der Waals surface area (Å²) in [4.78, 5) is 26.6. The van der Waals surface area contributed by atoms with Gasteiger partial charge in [-0.1, -0.05) is 20.3 Å². The van der Waals surface area contributed by atoms with Crippen molar-refractivity contribution in [2.45, 2.75) is 40.0 Å². The molecule has 6 heteroatoms. The van der Waals surface area contributed by atoms with Crippen molar-refractivity contribution in [2.24, 2.45) is 0 Å². The van der Waals surface area contributed by atoms with Gasteiger partial charge in [0.05, 0.1) is 17.2 Å². The fraction of sp³-hybridized carbons (Fsp3) is 0.600. The van der Waals surface area contributed by atoms with Gasteiger partial charge in [0.1, 0.15) is 10.6 Å². The van der Waals surface area contributed by atoms with Crippen LogP contribution in [0.15, 0.2) is 0 Å². The first kappa shape index (κ1) is 17.5. The van der Waals surface area contributed by atoms with Crippen LogP contribution in [0.1, 0.15) is 60.1 Å². The Morgan fingerprint density at radius 3 is 2.48 bits per heavy atom. The highest BCUT2D eigenvalue weighted by molar-refractivity contribution is 7.19. The zero-order valence-electron chi connectivity index (χ0n) is 13.2. The van der Waals surface area contributed by atoms with E-state index in [0.29, 0.717) is 16.9 Å². The Balaban J connectivity index is 3.25. The Morgan fingerprint density at radius 1 is 1.29 bits per heavy atom. The fourth-order valence-electron chi connectivity index (χ4n) is 1.97. The number of ether oxygens (including phenoxy) is 1. The molecular weight excluding hydrogens is 288 g/mol. The van der Waals surface area contributed by atoms with Crippen LogP contribution in [0, 0.1) is 0 Å². The van der Waals surface area contributed by atoms with E-state index in [1.54, 1.807) is 13.8 Å². The number of hydrogen-bond donors (Lipinski definition) is 1. The first-order valence-corrected chi connectivity index (χ1v) is 8.13. The lowest BCUT2D eigenvalue weighted by Gasteiger charge is -2.18. The van der Waals surface area contributed by atoms with E-state index in [4.69, 9.17) is 10.5 Å². The Morgan fingerprint density at radius 2 is 1.95 bits per heavy atom. The zero-order chi connectivity index (χ0) is 16.0. The number of carbonyl (C=O) groups excluding carboxylic acids is 2. The van der Waals surface area contributed by atoms with E-state index in [1.165, 1.54) is 11.3 Å². The Hall–Kier alpha value is -1.56. The van der Waals surface area contributed by atoms with Crippen molar-refractivity contribution < 1.29 is 14.3 Å². The van der Waals surface area contributed by atoms with Gasteiger partial charge in [-0.3, -0.25) is 4.79 Å². The van der Waals surface area contributed by atoms with Crippen LogP contribution < -0.4 is 10.6 Å². The number of nitrogens with zero attached hydrogens (tertiary/aromatic N) is 1. The van der Waals surface area contributed by atoms with Gasteiger partial charge >= 0.3 is 5.97 Å². The molecule has 0 amide bonds. The average molecular weight is 312 g/mol. The maximum absolute atomic E-state index is 12.2. The van der Waals surface area contributed by atoms with Crippen LogP contribution in [0.4, 0.5) is 10.7 Å². The fourth-order valence-corrected chi connectivity index (χ4v) is 3.17. The number of esters is 1. The third kappa shape index (κ3) is 3.97. The lowest BCUT2D eigenvalue weighted by molar-refractivity contribution is 0.0529. The van der Waals surface area contributed by atoms with E-state index in [2.05, 4.69) is 6.92 Å². The number of hydrogen-bond acceptors (Lipinski definition) is 6. The van der Waals surface area contributed by atoms with Crippen LogP contribution >= 0.6 is 11.3 Å². The van der Waals surface area contributed by atoms with Gasteiger partial charge in [0.15, 0.2) is 5.78 Å². The number of carbonyl (C=O) groups is 2. The molecule has 21 heavy (non-hydrogen) atoms. The highest BCUT2D eigenvalue weighted by atomic mass is 32.1. The minimum Gasteiger partial charge on any atom is -0.462 e. The molecule has 0 radical (unpaired) electrons. The predicted octanol–water partition coefficient (Wildman–Crippen LogP) is 3.34. The maximum Gasteiger partial charge on any atom is 0.343 e. The summed E-state index contributed by atoms with van der Waals surface area (Å²) in [6, 6.07) is 0. The molecule has 0 aliphatic rings. The first-order chi connectivity index (χ1) is 9.97. The number of rotatable bonds is 8. The second kappa shape index (κ2) is 8.02. The van der Waals surface area contributed by atoms with Gasteiger partial charge in [0, 0.05) is 20.0 Å². The van der Waals surface area contributed by atoms with Crippen molar-refractivity contribution in [1.29, 1.82) is 0 Å². The van der Waals surface area contributed by atoms with Crippen molar-refractivity contribution in [3.63, 3.8) is 0 Å². The Bertz CT molecular complexity index is 511. The number of nitrogen functional groups attached to an aromatic ring is 1. The van der Waals surface area contributed by atoms with Crippen LogP contribution in [0.25, 0.3) is 0 Å². The first-order valence-electron chi connectivity index (χ1n) is 7.31. The number of unbranched alkanes of at least 4 members (excludes halogenated alkanes) is 1. The summed E-state index contributed by atoms with van der Waals surface area (Å²) >= 11 is 1.28. The largest absolute Gasteiger partial charge is 0.462 e. The van der Waals surface area contributed by atoms with E-state index in [0.717, 1.165) is 24.4 Å². The predicted molar refractivity (Wildman–Crippen MR) is 87.5 cm³/mol. The minimum absolute atomic E-state index is 0.0433. The molecule has 0 unspecified atom stereocenters. The highest BCUT2D eigenvalue weighted by Gasteiger charge is 2.27. The van der Waals surface area contributed by atoms with E-state index in [9.17, 15) is 9.59 Å². The molecule has 0 aromatic carbocycles. The van der Waals surface area contributed by atoms with E-state index in [-0.39, 0.29) is 18.1 Å². The van der Waals surface area contributed by atoms with Crippen LogP contribution in [0.5, 0.6) is 0 Å². The van der Waals surface area contributed by atoms with Crippen molar-refractivity contribution in [3.8, 4) is 0 Å². The van der Waals surface area contributed by atoms with E-state index >= 15 is 0 Å². The molecule has 1 heterocycles. The quantitative estimate of drug-likeness (QED) is 0.589.